The summed E-state index contributed by atoms with van der Waals surface area (Å²) in [6.07, 6.45) is -0.528. The van der Waals surface area contributed by atoms with E-state index in [0.29, 0.717) is 19.7 Å². The minimum absolute atomic E-state index is 0.0954. The van der Waals surface area contributed by atoms with E-state index in [1.54, 1.807) is 11.0 Å². The Hall–Kier alpha value is -1.17. The molecule has 1 saturated heterocycles. The molecule has 0 bridgehead atoms. The van der Waals surface area contributed by atoms with Crippen LogP contribution in [0, 0.1) is 0 Å². The molecule has 0 saturated carbocycles. The van der Waals surface area contributed by atoms with Crippen LogP contribution in [0.5, 0.6) is 5.75 Å². The number of benzene rings is 1. The zero-order chi connectivity index (χ0) is 16.9. The average molecular weight is 360 g/mol. The van der Waals surface area contributed by atoms with Gasteiger partial charge in [-0.15, -0.1) is 0 Å². The summed E-state index contributed by atoms with van der Waals surface area (Å²) in [5.41, 5.74) is 1.12. The van der Waals surface area contributed by atoms with Crippen LogP contribution in [-0.4, -0.2) is 40.9 Å². The van der Waals surface area contributed by atoms with Gasteiger partial charge < -0.3 is 19.5 Å². The molecule has 1 fully saturated rings. The summed E-state index contributed by atoms with van der Waals surface area (Å²) in [4.78, 5) is 13.9. The summed E-state index contributed by atoms with van der Waals surface area (Å²) in [6, 6.07) is 1.67. The number of hydrogen-bond acceptors (Lipinski definition) is 4. The molecular weight excluding hydrogens is 341 g/mol. The number of aromatic hydroxyl groups is 1. The Balaban J connectivity index is 1.87. The van der Waals surface area contributed by atoms with E-state index in [-0.39, 0.29) is 33.9 Å². The third kappa shape index (κ3) is 3.10. The minimum Gasteiger partial charge on any atom is -0.505 e. The maximum atomic E-state index is 12.3. The number of carbonyl (C=O) groups is 1. The third-order valence-corrected chi connectivity index (χ3v) is 4.73. The standard InChI is InChI=1S/C16H19Cl2NO4/c1-16(2,3)23-15(21)19-5-9-11(6-19)22-7-8-4-10(17)14(20)13(18)12(8)9/h4,9,11,20H,5-7H2,1-3H3. The summed E-state index contributed by atoms with van der Waals surface area (Å²) < 4.78 is 11.3. The van der Waals surface area contributed by atoms with Crippen molar-refractivity contribution in [2.45, 2.75) is 45.0 Å². The number of likely N-dealkylation sites (tertiary alicyclic amines) is 1. The Morgan fingerprint density at radius 2 is 2.09 bits per heavy atom. The highest BCUT2D eigenvalue weighted by Crippen LogP contribution is 2.46. The van der Waals surface area contributed by atoms with Crippen molar-refractivity contribution in [1.82, 2.24) is 4.90 Å². The van der Waals surface area contributed by atoms with E-state index in [9.17, 15) is 9.90 Å². The van der Waals surface area contributed by atoms with Crippen molar-refractivity contribution < 1.29 is 19.4 Å². The highest BCUT2D eigenvalue weighted by molar-refractivity contribution is 6.37. The van der Waals surface area contributed by atoms with Crippen LogP contribution in [0.15, 0.2) is 6.07 Å². The van der Waals surface area contributed by atoms with Crippen molar-refractivity contribution in [3.05, 3.63) is 27.2 Å². The van der Waals surface area contributed by atoms with Gasteiger partial charge in [-0.1, -0.05) is 23.2 Å². The quantitative estimate of drug-likeness (QED) is 0.762. The van der Waals surface area contributed by atoms with E-state index in [4.69, 9.17) is 32.7 Å². The molecule has 0 spiro atoms. The van der Waals surface area contributed by atoms with Gasteiger partial charge in [0.2, 0.25) is 0 Å². The zero-order valence-electron chi connectivity index (χ0n) is 13.2. The predicted molar refractivity (Wildman–Crippen MR) is 87.3 cm³/mol. The maximum Gasteiger partial charge on any atom is 0.410 e. The van der Waals surface area contributed by atoms with Crippen LogP contribution < -0.4 is 0 Å². The van der Waals surface area contributed by atoms with Crippen LogP contribution in [0.25, 0.3) is 0 Å². The lowest BCUT2D eigenvalue weighted by molar-refractivity contribution is 0.0126. The Morgan fingerprint density at radius 1 is 1.39 bits per heavy atom. The molecule has 2 unspecified atom stereocenters. The van der Waals surface area contributed by atoms with Gasteiger partial charge in [0.15, 0.2) is 5.75 Å². The molecule has 7 heteroatoms. The highest BCUT2D eigenvalue weighted by atomic mass is 35.5. The first kappa shape index (κ1) is 16.7. The first-order valence-electron chi connectivity index (χ1n) is 7.46. The minimum atomic E-state index is -0.549. The van der Waals surface area contributed by atoms with Crippen LogP contribution in [0.3, 0.4) is 0 Å². The second-order valence-electron chi connectivity index (χ2n) is 6.94. The molecule has 1 aromatic carbocycles. The molecule has 2 aliphatic heterocycles. The lowest BCUT2D eigenvalue weighted by Crippen LogP contribution is -2.36. The van der Waals surface area contributed by atoms with Gasteiger partial charge in [-0.25, -0.2) is 4.79 Å². The number of carbonyl (C=O) groups excluding carboxylic acids is 1. The summed E-state index contributed by atoms with van der Waals surface area (Å²) in [7, 11) is 0. The van der Waals surface area contributed by atoms with E-state index >= 15 is 0 Å². The number of halogens is 2. The van der Waals surface area contributed by atoms with Crippen LogP contribution in [0.1, 0.15) is 37.8 Å². The molecule has 2 aliphatic rings. The molecule has 23 heavy (non-hydrogen) atoms. The molecule has 2 atom stereocenters. The van der Waals surface area contributed by atoms with Gasteiger partial charge in [0.05, 0.1) is 29.3 Å². The van der Waals surface area contributed by atoms with Gasteiger partial charge in [-0.2, -0.15) is 0 Å². The van der Waals surface area contributed by atoms with Gasteiger partial charge in [-0.05, 0) is 38.0 Å². The van der Waals surface area contributed by atoms with Crippen LogP contribution in [0.4, 0.5) is 4.79 Å². The average Bonchev–Trinajstić information content (AvgIpc) is 2.86. The summed E-state index contributed by atoms with van der Waals surface area (Å²) in [5, 5.41) is 10.5. The Morgan fingerprint density at radius 3 is 2.74 bits per heavy atom. The van der Waals surface area contributed by atoms with Gasteiger partial charge in [0.25, 0.3) is 0 Å². The largest absolute Gasteiger partial charge is 0.505 e. The van der Waals surface area contributed by atoms with E-state index < -0.39 is 5.60 Å². The van der Waals surface area contributed by atoms with E-state index in [1.165, 1.54) is 0 Å². The lowest BCUT2D eigenvalue weighted by Gasteiger charge is -2.29. The fourth-order valence-electron chi connectivity index (χ4n) is 3.09. The number of nitrogens with zero attached hydrogens (tertiary/aromatic N) is 1. The number of phenols is 1. The molecule has 1 N–H and O–H groups in total. The lowest BCUT2D eigenvalue weighted by atomic mass is 9.89. The first-order chi connectivity index (χ1) is 10.7. The fourth-order valence-corrected chi connectivity index (χ4v) is 3.72. The normalized spacial score (nSPS) is 23.4. The third-order valence-electron chi connectivity index (χ3n) is 4.06. The molecule has 0 aromatic heterocycles. The molecule has 0 radical (unpaired) electrons. The maximum absolute atomic E-state index is 12.3. The van der Waals surface area contributed by atoms with Crippen molar-refractivity contribution in [2.75, 3.05) is 13.1 Å². The Bertz CT molecular complexity index is 656. The smallest absolute Gasteiger partial charge is 0.410 e. The Kier molecular flexibility index (Phi) is 4.15. The van der Waals surface area contributed by atoms with Gasteiger partial charge >= 0.3 is 6.09 Å². The monoisotopic (exact) mass is 359 g/mol. The highest BCUT2D eigenvalue weighted by Gasteiger charge is 2.43. The SMILES string of the molecule is CC(C)(C)OC(=O)N1CC2OCc3cc(Cl)c(O)c(Cl)c3C2C1. The number of amides is 1. The molecule has 0 aliphatic carbocycles. The predicted octanol–water partition coefficient (Wildman–Crippen LogP) is 3.93. The molecule has 126 valence electrons. The second kappa shape index (κ2) is 5.72. The topological polar surface area (TPSA) is 59.0 Å². The molecule has 3 rings (SSSR count). The first-order valence-corrected chi connectivity index (χ1v) is 8.22. The van der Waals surface area contributed by atoms with Gasteiger partial charge in [0, 0.05) is 12.5 Å². The van der Waals surface area contributed by atoms with Crippen LogP contribution >= 0.6 is 23.2 Å². The molecule has 2 heterocycles. The Labute approximate surface area is 145 Å². The van der Waals surface area contributed by atoms with Crippen molar-refractivity contribution in [1.29, 1.82) is 0 Å². The molecule has 5 nitrogen and oxygen atoms in total. The van der Waals surface area contributed by atoms with Crippen molar-refractivity contribution >= 4 is 29.3 Å². The van der Waals surface area contributed by atoms with Gasteiger partial charge in [0.1, 0.15) is 5.60 Å². The summed E-state index contributed by atoms with van der Waals surface area (Å²) >= 11 is 12.3. The van der Waals surface area contributed by atoms with Crippen LogP contribution in [-0.2, 0) is 16.1 Å². The van der Waals surface area contributed by atoms with Crippen molar-refractivity contribution in [3.63, 3.8) is 0 Å². The van der Waals surface area contributed by atoms with Gasteiger partial charge in [-0.3, -0.25) is 0 Å². The van der Waals surface area contributed by atoms with E-state index in [2.05, 4.69) is 0 Å². The number of phenolic OH excluding ortho intramolecular Hbond substituents is 1. The second-order valence-corrected chi connectivity index (χ2v) is 7.72. The van der Waals surface area contributed by atoms with E-state index in [0.717, 1.165) is 11.1 Å². The zero-order valence-corrected chi connectivity index (χ0v) is 14.7. The fraction of sp³-hybridized carbons (Fsp3) is 0.562. The number of fused-ring (bicyclic) bond motifs is 3. The summed E-state index contributed by atoms with van der Waals surface area (Å²) in [6.45, 7) is 6.73. The molecular formula is C16H19Cl2NO4. The number of hydrogen-bond donors (Lipinski definition) is 1. The molecule has 1 amide bonds. The summed E-state index contributed by atoms with van der Waals surface area (Å²) in [5.74, 6) is -0.217. The number of ether oxygens (including phenoxy) is 2. The number of rotatable bonds is 0. The van der Waals surface area contributed by atoms with Crippen molar-refractivity contribution in [3.8, 4) is 5.75 Å². The molecule has 1 aromatic rings. The van der Waals surface area contributed by atoms with Crippen molar-refractivity contribution in [2.24, 2.45) is 0 Å². The van der Waals surface area contributed by atoms with Crippen LogP contribution in [0.2, 0.25) is 10.0 Å². The van der Waals surface area contributed by atoms with E-state index in [1.807, 2.05) is 20.8 Å².